The lowest BCUT2D eigenvalue weighted by Gasteiger charge is -2.07. The molecule has 0 fully saturated rings. The van der Waals surface area contributed by atoms with Crippen molar-refractivity contribution in [3.63, 3.8) is 0 Å². The second kappa shape index (κ2) is 4.73. The van der Waals surface area contributed by atoms with E-state index in [1.807, 2.05) is 19.9 Å². The second-order valence-electron chi connectivity index (χ2n) is 3.51. The molecule has 0 aliphatic heterocycles. The first-order valence-corrected chi connectivity index (χ1v) is 4.70. The van der Waals surface area contributed by atoms with Crippen LogP contribution in [0.15, 0.2) is 12.1 Å². The summed E-state index contributed by atoms with van der Waals surface area (Å²) in [7, 11) is 1.34. The zero-order chi connectivity index (χ0) is 11.4. The maximum absolute atomic E-state index is 11.1. The van der Waals surface area contributed by atoms with Gasteiger partial charge in [0.05, 0.1) is 13.5 Å². The van der Waals surface area contributed by atoms with E-state index in [0.717, 1.165) is 23.0 Å². The lowest BCUT2D eigenvalue weighted by atomic mass is 9.99. The zero-order valence-corrected chi connectivity index (χ0v) is 9.16. The Balaban J connectivity index is 3.10. The number of carbonyl (C=O) groups excluding carboxylic acids is 2. The van der Waals surface area contributed by atoms with E-state index in [4.69, 9.17) is 0 Å². The number of esters is 1. The van der Waals surface area contributed by atoms with Gasteiger partial charge in [-0.2, -0.15) is 0 Å². The Morgan fingerprint density at radius 1 is 1.33 bits per heavy atom. The molecule has 3 nitrogen and oxygen atoms in total. The summed E-state index contributed by atoms with van der Waals surface area (Å²) >= 11 is 0. The molecule has 0 bridgehead atoms. The van der Waals surface area contributed by atoms with Gasteiger partial charge in [-0.3, -0.25) is 9.59 Å². The van der Waals surface area contributed by atoms with Crippen LogP contribution in [0.5, 0.6) is 0 Å². The van der Waals surface area contributed by atoms with Crippen LogP contribution in [0.1, 0.15) is 27.0 Å². The van der Waals surface area contributed by atoms with Crippen LogP contribution in [0.2, 0.25) is 0 Å². The van der Waals surface area contributed by atoms with Crippen molar-refractivity contribution in [2.45, 2.75) is 20.3 Å². The highest BCUT2D eigenvalue weighted by molar-refractivity contribution is 5.82. The van der Waals surface area contributed by atoms with Crippen LogP contribution in [0.3, 0.4) is 0 Å². The van der Waals surface area contributed by atoms with Gasteiger partial charge in [0.2, 0.25) is 0 Å². The van der Waals surface area contributed by atoms with Crippen LogP contribution in [0, 0.1) is 13.8 Å². The van der Waals surface area contributed by atoms with Crippen LogP contribution >= 0.6 is 0 Å². The van der Waals surface area contributed by atoms with Crippen molar-refractivity contribution in [1.82, 2.24) is 0 Å². The highest BCUT2D eigenvalue weighted by Crippen LogP contribution is 2.15. The molecule has 0 atom stereocenters. The fraction of sp³-hybridized carbons (Fsp3) is 0.333. The first-order valence-electron chi connectivity index (χ1n) is 4.70. The molecular weight excluding hydrogens is 192 g/mol. The largest absolute Gasteiger partial charge is 0.469 e. The van der Waals surface area contributed by atoms with Crippen LogP contribution in [-0.4, -0.2) is 19.4 Å². The topological polar surface area (TPSA) is 43.4 Å². The smallest absolute Gasteiger partial charge is 0.310 e. The third-order valence-electron chi connectivity index (χ3n) is 2.44. The Hall–Kier alpha value is -1.64. The molecular formula is C12H14O3. The van der Waals surface area contributed by atoms with Crippen molar-refractivity contribution >= 4 is 12.3 Å². The molecule has 0 spiro atoms. The minimum atomic E-state index is -0.332. The van der Waals surface area contributed by atoms with Gasteiger partial charge in [-0.05, 0) is 36.6 Å². The van der Waals surface area contributed by atoms with Gasteiger partial charge in [-0.25, -0.2) is 0 Å². The van der Waals surface area contributed by atoms with Crippen LogP contribution in [0.25, 0.3) is 0 Å². The van der Waals surface area contributed by atoms with E-state index in [1.54, 1.807) is 6.07 Å². The minimum absolute atomic E-state index is 0.145. The summed E-state index contributed by atoms with van der Waals surface area (Å²) in [5.41, 5.74) is 3.40. The lowest BCUT2D eigenvalue weighted by molar-refractivity contribution is -0.139. The molecule has 0 radical (unpaired) electrons. The molecule has 0 aliphatic carbocycles. The van der Waals surface area contributed by atoms with Crippen LogP contribution in [-0.2, 0) is 16.0 Å². The van der Waals surface area contributed by atoms with Gasteiger partial charge in [0, 0.05) is 5.56 Å². The quantitative estimate of drug-likeness (QED) is 0.559. The molecule has 0 amide bonds. The van der Waals surface area contributed by atoms with Crippen molar-refractivity contribution in [2.75, 3.05) is 7.11 Å². The van der Waals surface area contributed by atoms with E-state index in [2.05, 4.69) is 4.74 Å². The summed E-state index contributed by atoms with van der Waals surface area (Å²) in [5.74, 6) is -0.332. The Kier molecular flexibility index (Phi) is 3.61. The number of rotatable bonds is 3. The van der Waals surface area contributed by atoms with Crippen LogP contribution in [0.4, 0.5) is 0 Å². The van der Waals surface area contributed by atoms with E-state index in [-0.39, 0.29) is 12.4 Å². The summed E-state index contributed by atoms with van der Waals surface area (Å²) in [4.78, 5) is 21.9. The van der Waals surface area contributed by atoms with Gasteiger partial charge in [-0.1, -0.05) is 6.07 Å². The Morgan fingerprint density at radius 3 is 2.47 bits per heavy atom. The third-order valence-corrected chi connectivity index (χ3v) is 2.44. The molecule has 3 heteroatoms. The molecule has 0 aromatic heterocycles. The molecule has 0 unspecified atom stereocenters. The minimum Gasteiger partial charge on any atom is -0.469 e. The number of aryl methyl sites for hydroxylation is 2. The van der Waals surface area contributed by atoms with E-state index in [9.17, 15) is 9.59 Å². The van der Waals surface area contributed by atoms with E-state index >= 15 is 0 Å². The average molecular weight is 206 g/mol. The molecule has 0 aliphatic rings. The summed E-state index contributed by atoms with van der Waals surface area (Å²) in [6.45, 7) is 3.88. The normalized spacial score (nSPS) is 9.80. The zero-order valence-electron chi connectivity index (χ0n) is 9.16. The predicted octanol–water partition coefficient (Wildman–Crippen LogP) is 1.83. The standard InChI is InChI=1S/C12H14O3/c1-8-4-10(6-12(14)15-3)11(7-13)5-9(8)2/h4-5,7H,6H2,1-3H3. The fourth-order valence-electron chi connectivity index (χ4n) is 1.39. The maximum atomic E-state index is 11.1. The molecule has 0 saturated carbocycles. The number of hydrogen-bond donors (Lipinski definition) is 0. The summed E-state index contributed by atoms with van der Waals surface area (Å²) in [6, 6.07) is 3.65. The van der Waals surface area contributed by atoms with Gasteiger partial charge in [0.15, 0.2) is 0 Å². The summed E-state index contributed by atoms with van der Waals surface area (Å²) in [6.07, 6.45) is 0.913. The second-order valence-corrected chi connectivity index (χ2v) is 3.51. The first kappa shape index (κ1) is 11.4. The molecule has 0 saturated heterocycles. The van der Waals surface area contributed by atoms with Crippen molar-refractivity contribution in [2.24, 2.45) is 0 Å². The Morgan fingerprint density at radius 2 is 1.93 bits per heavy atom. The molecule has 80 valence electrons. The number of carbonyl (C=O) groups is 2. The van der Waals surface area contributed by atoms with Gasteiger partial charge in [-0.15, -0.1) is 0 Å². The molecule has 1 aromatic rings. The number of hydrogen-bond acceptors (Lipinski definition) is 3. The Bertz CT molecular complexity index is 394. The monoisotopic (exact) mass is 206 g/mol. The summed E-state index contributed by atoms with van der Waals surface area (Å²) < 4.78 is 4.57. The van der Waals surface area contributed by atoms with E-state index < -0.39 is 0 Å². The highest BCUT2D eigenvalue weighted by atomic mass is 16.5. The molecule has 1 aromatic carbocycles. The fourth-order valence-corrected chi connectivity index (χ4v) is 1.39. The first-order chi connectivity index (χ1) is 7.08. The van der Waals surface area contributed by atoms with E-state index in [1.165, 1.54) is 7.11 Å². The van der Waals surface area contributed by atoms with Gasteiger partial charge in [0.25, 0.3) is 0 Å². The van der Waals surface area contributed by atoms with Gasteiger partial charge >= 0.3 is 5.97 Å². The molecule has 15 heavy (non-hydrogen) atoms. The molecule has 1 rings (SSSR count). The average Bonchev–Trinajstić information content (AvgIpc) is 2.22. The number of ether oxygens (including phenoxy) is 1. The molecule has 0 heterocycles. The summed E-state index contributed by atoms with van der Waals surface area (Å²) in [5, 5.41) is 0. The van der Waals surface area contributed by atoms with Crippen molar-refractivity contribution in [1.29, 1.82) is 0 Å². The SMILES string of the molecule is COC(=O)Cc1cc(C)c(C)cc1C=O. The molecule has 0 N–H and O–H groups in total. The lowest BCUT2D eigenvalue weighted by Crippen LogP contribution is -2.07. The van der Waals surface area contributed by atoms with E-state index in [0.29, 0.717) is 5.56 Å². The highest BCUT2D eigenvalue weighted by Gasteiger charge is 2.09. The third kappa shape index (κ3) is 2.65. The Labute approximate surface area is 89.1 Å². The number of aldehydes is 1. The predicted molar refractivity (Wildman–Crippen MR) is 57.0 cm³/mol. The number of methoxy groups -OCH3 is 1. The van der Waals surface area contributed by atoms with Gasteiger partial charge in [0.1, 0.15) is 6.29 Å². The van der Waals surface area contributed by atoms with Crippen molar-refractivity contribution < 1.29 is 14.3 Å². The van der Waals surface area contributed by atoms with Crippen LogP contribution < -0.4 is 0 Å². The van der Waals surface area contributed by atoms with Crippen molar-refractivity contribution in [3.05, 3.63) is 34.4 Å². The van der Waals surface area contributed by atoms with Gasteiger partial charge < -0.3 is 4.74 Å². The van der Waals surface area contributed by atoms with Crippen molar-refractivity contribution in [3.8, 4) is 0 Å². The number of benzene rings is 1. The maximum Gasteiger partial charge on any atom is 0.310 e.